The fourth-order valence-corrected chi connectivity index (χ4v) is 5.65. The smallest absolute Gasteiger partial charge is 0.255 e. The Bertz CT molecular complexity index is 1500. The SMILES string of the molecule is COc1ccccc1NC(=O)C1=C(C)Nc2nc(SCc3cccc(C)c3)nn2[C@H]1c1ccc(SC)cc1. The molecule has 2 N–H and O–H groups in total. The molecule has 0 saturated carbocycles. The van der Waals surface area contributed by atoms with E-state index in [1.54, 1.807) is 30.6 Å². The molecule has 5 rings (SSSR count). The molecule has 38 heavy (non-hydrogen) atoms. The second kappa shape index (κ2) is 11.4. The zero-order chi connectivity index (χ0) is 26.6. The Morgan fingerprint density at radius 2 is 1.87 bits per heavy atom. The molecular formula is C29H29N5O2S2. The molecule has 1 aliphatic rings. The normalized spacial score (nSPS) is 14.6. The molecule has 194 valence electrons. The van der Waals surface area contributed by atoms with Gasteiger partial charge in [0.1, 0.15) is 11.8 Å². The molecule has 1 amide bonds. The molecule has 0 unspecified atom stereocenters. The van der Waals surface area contributed by atoms with Crippen LogP contribution in [-0.2, 0) is 10.5 Å². The lowest BCUT2D eigenvalue weighted by atomic mass is 9.95. The number of fused-ring (bicyclic) bond motifs is 1. The Balaban J connectivity index is 1.50. The van der Waals surface area contributed by atoms with Gasteiger partial charge in [-0.1, -0.05) is 65.9 Å². The minimum Gasteiger partial charge on any atom is -0.495 e. The first kappa shape index (κ1) is 25.9. The van der Waals surface area contributed by atoms with E-state index in [1.807, 2.05) is 42.1 Å². The van der Waals surface area contributed by atoms with Crippen molar-refractivity contribution in [2.45, 2.75) is 35.7 Å². The van der Waals surface area contributed by atoms with Crippen LogP contribution in [0.4, 0.5) is 11.6 Å². The number of benzene rings is 3. The molecule has 1 atom stereocenters. The summed E-state index contributed by atoms with van der Waals surface area (Å²) in [6, 6.07) is 23.6. The average Bonchev–Trinajstić information content (AvgIpc) is 3.34. The molecule has 4 aromatic rings. The number of nitrogens with zero attached hydrogens (tertiary/aromatic N) is 3. The number of hydrogen-bond acceptors (Lipinski definition) is 7. The summed E-state index contributed by atoms with van der Waals surface area (Å²) in [5.74, 6) is 1.74. The minimum atomic E-state index is -0.447. The number of allylic oxidation sites excluding steroid dienone is 1. The van der Waals surface area contributed by atoms with Crippen LogP contribution in [0.25, 0.3) is 0 Å². The zero-order valence-corrected chi connectivity index (χ0v) is 23.3. The van der Waals surface area contributed by atoms with E-state index in [0.29, 0.717) is 28.1 Å². The van der Waals surface area contributed by atoms with Crippen LogP contribution in [0.5, 0.6) is 5.75 Å². The van der Waals surface area contributed by atoms with Crippen LogP contribution in [0.3, 0.4) is 0 Å². The molecule has 2 heterocycles. The number of aromatic nitrogens is 3. The number of methoxy groups -OCH3 is 1. The van der Waals surface area contributed by atoms with Crippen molar-refractivity contribution in [3.05, 3.63) is 101 Å². The van der Waals surface area contributed by atoms with Crippen molar-refractivity contribution in [3.8, 4) is 5.75 Å². The van der Waals surface area contributed by atoms with Crippen LogP contribution in [-0.4, -0.2) is 34.0 Å². The van der Waals surface area contributed by atoms with Crippen LogP contribution in [0, 0.1) is 6.92 Å². The summed E-state index contributed by atoms with van der Waals surface area (Å²) < 4.78 is 7.26. The summed E-state index contributed by atoms with van der Waals surface area (Å²) in [6.45, 7) is 3.99. The first-order chi connectivity index (χ1) is 18.5. The number of aryl methyl sites for hydroxylation is 1. The van der Waals surface area contributed by atoms with Crippen molar-refractivity contribution < 1.29 is 9.53 Å². The van der Waals surface area contributed by atoms with E-state index in [2.05, 4.69) is 66.1 Å². The third kappa shape index (κ3) is 5.44. The highest BCUT2D eigenvalue weighted by Gasteiger charge is 2.34. The molecule has 0 saturated heterocycles. The van der Waals surface area contributed by atoms with Gasteiger partial charge in [0.25, 0.3) is 5.91 Å². The Kier molecular flexibility index (Phi) is 7.76. The number of rotatable bonds is 8. The predicted molar refractivity (Wildman–Crippen MR) is 155 cm³/mol. The largest absolute Gasteiger partial charge is 0.495 e. The molecule has 0 radical (unpaired) electrons. The average molecular weight is 544 g/mol. The molecule has 1 aliphatic heterocycles. The minimum absolute atomic E-state index is 0.228. The van der Waals surface area contributed by atoms with Crippen LogP contribution >= 0.6 is 23.5 Å². The van der Waals surface area contributed by atoms with Crippen LogP contribution in [0.15, 0.2) is 94.1 Å². The van der Waals surface area contributed by atoms with Gasteiger partial charge in [0, 0.05) is 16.3 Å². The van der Waals surface area contributed by atoms with Crippen molar-refractivity contribution in [3.63, 3.8) is 0 Å². The number of thioether (sulfide) groups is 2. The second-order valence-corrected chi connectivity index (χ2v) is 10.8. The molecule has 1 aromatic heterocycles. The van der Waals surface area contributed by atoms with Gasteiger partial charge in [-0.2, -0.15) is 4.98 Å². The van der Waals surface area contributed by atoms with E-state index in [1.165, 1.54) is 11.1 Å². The number of nitrogens with one attached hydrogen (secondary N) is 2. The molecule has 9 heteroatoms. The fraction of sp³-hybridized carbons (Fsp3) is 0.207. The van der Waals surface area contributed by atoms with E-state index in [4.69, 9.17) is 14.8 Å². The van der Waals surface area contributed by atoms with Gasteiger partial charge < -0.3 is 15.4 Å². The van der Waals surface area contributed by atoms with Crippen LogP contribution in [0.1, 0.15) is 29.7 Å². The summed E-state index contributed by atoms with van der Waals surface area (Å²) in [4.78, 5) is 19.7. The van der Waals surface area contributed by atoms with Gasteiger partial charge in [-0.3, -0.25) is 4.79 Å². The molecule has 0 spiro atoms. The molecule has 0 bridgehead atoms. The Morgan fingerprint density at radius 3 is 2.61 bits per heavy atom. The van der Waals surface area contributed by atoms with E-state index in [0.717, 1.165) is 21.9 Å². The fourth-order valence-electron chi connectivity index (χ4n) is 4.47. The lowest BCUT2D eigenvalue weighted by Crippen LogP contribution is -2.31. The first-order valence-corrected chi connectivity index (χ1v) is 14.4. The summed E-state index contributed by atoms with van der Waals surface area (Å²) in [5, 5.41) is 11.9. The maximum absolute atomic E-state index is 13.8. The number of anilines is 2. The Hall–Kier alpha value is -3.69. The second-order valence-electron chi connectivity index (χ2n) is 8.93. The van der Waals surface area contributed by atoms with Gasteiger partial charge in [0.2, 0.25) is 11.1 Å². The summed E-state index contributed by atoms with van der Waals surface area (Å²) in [6.07, 6.45) is 2.04. The van der Waals surface area contributed by atoms with E-state index < -0.39 is 6.04 Å². The maximum atomic E-state index is 13.8. The van der Waals surface area contributed by atoms with Crippen molar-refractivity contribution in [2.24, 2.45) is 0 Å². The molecular weight excluding hydrogens is 514 g/mol. The van der Waals surface area contributed by atoms with Gasteiger partial charge in [-0.25, -0.2) is 4.68 Å². The van der Waals surface area contributed by atoms with Gasteiger partial charge in [0.05, 0.1) is 18.4 Å². The van der Waals surface area contributed by atoms with E-state index in [9.17, 15) is 4.79 Å². The number of amides is 1. The number of carbonyl (C=O) groups is 1. The van der Waals surface area contributed by atoms with Gasteiger partial charge in [0.15, 0.2) is 0 Å². The third-order valence-electron chi connectivity index (χ3n) is 6.31. The Labute approximate surface area is 231 Å². The monoisotopic (exact) mass is 543 g/mol. The zero-order valence-electron chi connectivity index (χ0n) is 21.7. The van der Waals surface area contributed by atoms with Crippen molar-refractivity contribution in [1.82, 2.24) is 14.8 Å². The van der Waals surface area contributed by atoms with E-state index >= 15 is 0 Å². The number of carbonyl (C=O) groups excluding carboxylic acids is 1. The van der Waals surface area contributed by atoms with Crippen molar-refractivity contribution in [2.75, 3.05) is 24.0 Å². The topological polar surface area (TPSA) is 81.1 Å². The molecule has 0 aliphatic carbocycles. The summed E-state index contributed by atoms with van der Waals surface area (Å²) in [5.41, 5.74) is 5.30. The first-order valence-electron chi connectivity index (χ1n) is 12.2. The molecule has 0 fully saturated rings. The summed E-state index contributed by atoms with van der Waals surface area (Å²) in [7, 11) is 1.59. The van der Waals surface area contributed by atoms with Gasteiger partial charge >= 0.3 is 0 Å². The van der Waals surface area contributed by atoms with Gasteiger partial charge in [-0.15, -0.1) is 16.9 Å². The van der Waals surface area contributed by atoms with Gasteiger partial charge in [-0.05, 0) is 55.5 Å². The van der Waals surface area contributed by atoms with E-state index in [-0.39, 0.29) is 5.91 Å². The summed E-state index contributed by atoms with van der Waals surface area (Å²) >= 11 is 3.25. The number of ether oxygens (including phenoxy) is 1. The van der Waals surface area contributed by atoms with Crippen LogP contribution in [0.2, 0.25) is 0 Å². The standard InChI is InChI=1S/C29H29N5O2S2/c1-18-8-7-9-20(16-18)17-38-29-32-28-30-19(2)25(27(35)31-23-10-5-6-11-24(23)36-3)26(34(28)33-29)21-12-14-22(37-4)15-13-21/h5-16,26H,17H2,1-4H3,(H,31,35)(H,30,32,33)/t26-/m0/s1. The third-order valence-corrected chi connectivity index (χ3v) is 7.97. The highest BCUT2D eigenvalue weighted by molar-refractivity contribution is 7.98. The quantitative estimate of drug-likeness (QED) is 0.244. The highest BCUT2D eigenvalue weighted by Crippen LogP contribution is 2.38. The van der Waals surface area contributed by atoms with Crippen molar-refractivity contribution in [1.29, 1.82) is 0 Å². The molecule has 3 aromatic carbocycles. The number of hydrogen-bond donors (Lipinski definition) is 2. The van der Waals surface area contributed by atoms with Crippen molar-refractivity contribution >= 4 is 41.1 Å². The molecule has 7 nitrogen and oxygen atoms in total. The lowest BCUT2D eigenvalue weighted by Gasteiger charge is -2.29. The lowest BCUT2D eigenvalue weighted by molar-refractivity contribution is -0.113. The maximum Gasteiger partial charge on any atom is 0.255 e. The Morgan fingerprint density at radius 1 is 1.08 bits per heavy atom. The number of para-hydroxylation sites is 2. The predicted octanol–water partition coefficient (Wildman–Crippen LogP) is 6.54. The highest BCUT2D eigenvalue weighted by atomic mass is 32.2. The van der Waals surface area contributed by atoms with Crippen LogP contribution < -0.4 is 15.4 Å².